The van der Waals surface area contributed by atoms with Crippen molar-refractivity contribution in [2.45, 2.75) is 37.8 Å². The van der Waals surface area contributed by atoms with Crippen molar-refractivity contribution >= 4 is 0 Å². The van der Waals surface area contributed by atoms with Gasteiger partial charge in [0.05, 0.1) is 6.04 Å². The van der Waals surface area contributed by atoms with Crippen LogP contribution in [0.25, 0.3) is 11.6 Å². The van der Waals surface area contributed by atoms with Crippen molar-refractivity contribution in [2.24, 2.45) is 0 Å². The predicted molar refractivity (Wildman–Crippen MR) is 72.7 cm³/mol. The molecule has 0 aromatic carbocycles. The summed E-state index contributed by atoms with van der Waals surface area (Å²) in [6.07, 6.45) is 12.9. The van der Waals surface area contributed by atoms with Gasteiger partial charge in [-0.1, -0.05) is 0 Å². The molecule has 2 aliphatic rings. The van der Waals surface area contributed by atoms with Gasteiger partial charge in [0.1, 0.15) is 0 Å². The minimum absolute atomic E-state index is 0.554. The third-order valence-electron chi connectivity index (χ3n) is 4.54. The fourth-order valence-electron chi connectivity index (χ4n) is 3.74. The van der Waals surface area contributed by atoms with Crippen LogP contribution < -0.4 is 0 Å². The van der Waals surface area contributed by atoms with Crippen LogP contribution >= 0.6 is 0 Å². The lowest BCUT2D eigenvalue weighted by Gasteiger charge is -2.37. The van der Waals surface area contributed by atoms with Gasteiger partial charge in [-0.2, -0.15) is 0 Å². The highest BCUT2D eigenvalue weighted by Crippen LogP contribution is 2.36. The summed E-state index contributed by atoms with van der Waals surface area (Å²) in [7, 11) is 0. The molecule has 0 aliphatic carbocycles. The molecule has 0 bridgehead atoms. The maximum atomic E-state index is 4.50. The van der Waals surface area contributed by atoms with E-state index in [2.05, 4.69) is 30.6 Å². The van der Waals surface area contributed by atoms with Crippen LogP contribution in [0.2, 0.25) is 0 Å². The van der Waals surface area contributed by atoms with Crippen LogP contribution in [0.4, 0.5) is 0 Å². The summed E-state index contributed by atoms with van der Waals surface area (Å²) in [6, 6.07) is 1.25. The maximum Gasteiger partial charge on any atom is 0.176 e. The van der Waals surface area contributed by atoms with Crippen LogP contribution in [0, 0.1) is 0 Å². The first kappa shape index (κ1) is 11.2. The average molecular weight is 257 g/mol. The molecule has 2 aromatic heterocycles. The number of aromatic amines is 1. The molecule has 0 saturated carbocycles. The number of hydrogen-bond donors (Lipinski definition) is 1. The Morgan fingerprint density at radius 1 is 1.05 bits per heavy atom. The lowest BCUT2D eigenvalue weighted by Crippen LogP contribution is -2.41. The molecule has 100 valence electrons. The molecule has 0 unspecified atom stereocenters. The Morgan fingerprint density at radius 2 is 1.89 bits per heavy atom. The first-order valence-electron chi connectivity index (χ1n) is 7.20. The smallest absolute Gasteiger partial charge is 0.176 e. The zero-order chi connectivity index (χ0) is 12.7. The number of H-pyrrole nitrogens is 1. The highest BCUT2D eigenvalue weighted by Gasteiger charge is 2.36. The van der Waals surface area contributed by atoms with Crippen molar-refractivity contribution in [3.8, 4) is 11.6 Å². The average Bonchev–Trinajstić information content (AvgIpc) is 3.18. The summed E-state index contributed by atoms with van der Waals surface area (Å²) < 4.78 is 2.33. The molecular formula is C14H19N5. The van der Waals surface area contributed by atoms with Crippen LogP contribution in [-0.2, 0) is 0 Å². The zero-order valence-electron chi connectivity index (χ0n) is 11.0. The Labute approximate surface area is 112 Å². The number of nitrogens with one attached hydrogen (secondary N) is 1. The van der Waals surface area contributed by atoms with Gasteiger partial charge in [0.2, 0.25) is 0 Å². The van der Waals surface area contributed by atoms with Gasteiger partial charge in [-0.3, -0.25) is 4.90 Å². The molecule has 1 N–H and O–H groups in total. The number of nitrogens with zero attached hydrogens (tertiary/aromatic N) is 4. The van der Waals surface area contributed by atoms with Crippen molar-refractivity contribution in [1.29, 1.82) is 0 Å². The second-order valence-electron chi connectivity index (χ2n) is 5.55. The van der Waals surface area contributed by atoms with Gasteiger partial charge in [-0.05, 0) is 38.8 Å². The Balaban J connectivity index is 1.70. The lowest BCUT2D eigenvalue weighted by molar-refractivity contribution is 0.139. The molecule has 4 heterocycles. The molecule has 0 spiro atoms. The molecule has 0 radical (unpaired) electrons. The molecule has 19 heavy (non-hydrogen) atoms. The molecule has 5 heteroatoms. The van der Waals surface area contributed by atoms with E-state index in [9.17, 15) is 0 Å². The molecule has 4 rings (SSSR count). The fraction of sp³-hybridized carbons (Fsp3) is 0.571. The molecule has 2 saturated heterocycles. The summed E-state index contributed by atoms with van der Waals surface area (Å²) >= 11 is 0. The standard InChI is InChI=1S/C14H19N5/c1-3-11-12(4-2-9-18(11)8-1)19-10-7-17-14(19)13-15-5-6-16-13/h5-7,10-12H,1-4,8-9H2,(H,15,16)/t11-,12-/m0/s1. The summed E-state index contributed by atoms with van der Waals surface area (Å²) in [6.45, 7) is 2.54. The Bertz CT molecular complexity index is 544. The maximum absolute atomic E-state index is 4.50. The Hall–Kier alpha value is -1.62. The van der Waals surface area contributed by atoms with E-state index in [0.717, 1.165) is 11.6 Å². The molecular weight excluding hydrogens is 238 g/mol. The second kappa shape index (κ2) is 4.49. The van der Waals surface area contributed by atoms with Crippen LogP contribution in [-0.4, -0.2) is 43.6 Å². The Morgan fingerprint density at radius 3 is 2.68 bits per heavy atom. The second-order valence-corrected chi connectivity index (χ2v) is 5.55. The first-order chi connectivity index (χ1) is 9.43. The van der Waals surface area contributed by atoms with E-state index < -0.39 is 0 Å². The highest BCUT2D eigenvalue weighted by atomic mass is 15.2. The van der Waals surface area contributed by atoms with Crippen molar-refractivity contribution in [2.75, 3.05) is 13.1 Å². The number of hydrogen-bond acceptors (Lipinski definition) is 3. The summed E-state index contributed by atoms with van der Waals surface area (Å²) in [5, 5.41) is 0. The SMILES string of the molecule is c1c[nH]c(-c2nccn2[C@H]2CCCN3CCC[C@@H]23)n1. The predicted octanol–water partition coefficient (Wildman–Crippen LogP) is 2.07. The lowest BCUT2D eigenvalue weighted by atomic mass is 9.96. The van der Waals surface area contributed by atoms with Gasteiger partial charge in [-0.25, -0.2) is 9.97 Å². The molecule has 5 nitrogen and oxygen atoms in total. The number of rotatable bonds is 2. The van der Waals surface area contributed by atoms with Crippen LogP contribution in [0.3, 0.4) is 0 Å². The van der Waals surface area contributed by atoms with Crippen LogP contribution in [0.15, 0.2) is 24.8 Å². The van der Waals surface area contributed by atoms with Crippen molar-refractivity contribution in [1.82, 2.24) is 24.4 Å². The van der Waals surface area contributed by atoms with Gasteiger partial charge in [0.25, 0.3) is 0 Å². The molecule has 2 aliphatic heterocycles. The third-order valence-corrected chi connectivity index (χ3v) is 4.54. The van der Waals surface area contributed by atoms with Crippen LogP contribution in [0.5, 0.6) is 0 Å². The summed E-state index contributed by atoms with van der Waals surface area (Å²) in [5.74, 6) is 1.85. The third kappa shape index (κ3) is 1.80. The van der Waals surface area contributed by atoms with Gasteiger partial charge in [0, 0.05) is 30.8 Å². The summed E-state index contributed by atoms with van der Waals surface area (Å²) in [4.78, 5) is 14.7. The monoisotopic (exact) mass is 257 g/mol. The van der Waals surface area contributed by atoms with E-state index in [4.69, 9.17) is 0 Å². The number of aromatic nitrogens is 4. The van der Waals surface area contributed by atoms with Gasteiger partial charge in [-0.15, -0.1) is 0 Å². The van der Waals surface area contributed by atoms with E-state index in [1.165, 1.54) is 38.8 Å². The van der Waals surface area contributed by atoms with Crippen molar-refractivity contribution in [3.63, 3.8) is 0 Å². The first-order valence-corrected chi connectivity index (χ1v) is 7.20. The number of piperidine rings is 1. The molecule has 2 aromatic rings. The molecule has 2 fully saturated rings. The van der Waals surface area contributed by atoms with E-state index in [0.29, 0.717) is 12.1 Å². The Kier molecular flexibility index (Phi) is 2.65. The minimum Gasteiger partial charge on any atom is -0.342 e. The number of imidazole rings is 2. The minimum atomic E-state index is 0.554. The normalized spacial score (nSPS) is 27.6. The van der Waals surface area contributed by atoms with E-state index in [1.54, 1.807) is 6.20 Å². The van der Waals surface area contributed by atoms with Crippen molar-refractivity contribution in [3.05, 3.63) is 24.8 Å². The number of fused-ring (bicyclic) bond motifs is 1. The van der Waals surface area contributed by atoms with Crippen molar-refractivity contribution < 1.29 is 0 Å². The zero-order valence-corrected chi connectivity index (χ0v) is 11.0. The van der Waals surface area contributed by atoms with Gasteiger partial charge in [0.15, 0.2) is 11.6 Å². The topological polar surface area (TPSA) is 49.7 Å². The molecule has 2 atom stereocenters. The largest absolute Gasteiger partial charge is 0.342 e. The fourth-order valence-corrected chi connectivity index (χ4v) is 3.74. The summed E-state index contributed by atoms with van der Waals surface area (Å²) in [5.41, 5.74) is 0. The van der Waals surface area contributed by atoms with E-state index >= 15 is 0 Å². The van der Waals surface area contributed by atoms with E-state index in [-0.39, 0.29) is 0 Å². The van der Waals surface area contributed by atoms with Crippen LogP contribution in [0.1, 0.15) is 31.7 Å². The quantitative estimate of drug-likeness (QED) is 0.896. The highest BCUT2D eigenvalue weighted by molar-refractivity contribution is 5.43. The van der Waals surface area contributed by atoms with Gasteiger partial charge < -0.3 is 9.55 Å². The van der Waals surface area contributed by atoms with E-state index in [1.807, 2.05) is 12.4 Å². The molecule has 0 amide bonds. The van der Waals surface area contributed by atoms with Gasteiger partial charge >= 0.3 is 0 Å².